The van der Waals surface area contributed by atoms with Crippen LogP contribution in [-0.2, 0) is 4.79 Å². The first-order chi connectivity index (χ1) is 12.0. The summed E-state index contributed by atoms with van der Waals surface area (Å²) >= 11 is 0. The summed E-state index contributed by atoms with van der Waals surface area (Å²) < 4.78 is 0. The lowest BCUT2D eigenvalue weighted by Crippen LogP contribution is -2.32. The minimum Gasteiger partial charge on any atom is -0.369 e. The average molecular weight is 333 g/mol. The number of nitriles is 1. The number of nitrogens with two attached hydrogens (primary N) is 1. The zero-order chi connectivity index (χ0) is 18.0. The molecule has 1 aliphatic heterocycles. The lowest BCUT2D eigenvalue weighted by molar-refractivity contribution is -0.122. The van der Waals surface area contributed by atoms with Crippen LogP contribution in [0.5, 0.6) is 0 Å². The SMILES string of the molecule is C[C@@H]1CN(C(=O)c2ccccc2-c2ccccc2C#N)C[C@H]1C(N)=O. The van der Waals surface area contributed by atoms with E-state index in [0.29, 0.717) is 24.2 Å². The number of likely N-dealkylation sites (tertiary alicyclic amines) is 1. The average Bonchev–Trinajstić information content (AvgIpc) is 3.03. The van der Waals surface area contributed by atoms with E-state index < -0.39 is 0 Å². The molecule has 0 bridgehead atoms. The summed E-state index contributed by atoms with van der Waals surface area (Å²) in [7, 11) is 0. The van der Waals surface area contributed by atoms with E-state index in [2.05, 4.69) is 6.07 Å². The molecule has 25 heavy (non-hydrogen) atoms. The van der Waals surface area contributed by atoms with Gasteiger partial charge in [0.25, 0.3) is 5.91 Å². The maximum Gasteiger partial charge on any atom is 0.254 e. The minimum atomic E-state index is -0.370. The fourth-order valence-corrected chi connectivity index (χ4v) is 3.39. The molecule has 0 saturated carbocycles. The molecule has 2 amide bonds. The molecule has 5 heteroatoms. The van der Waals surface area contributed by atoms with Crippen molar-refractivity contribution in [3.63, 3.8) is 0 Å². The summed E-state index contributed by atoms with van der Waals surface area (Å²) in [6.07, 6.45) is 0. The molecule has 0 aromatic heterocycles. The smallest absolute Gasteiger partial charge is 0.254 e. The Kier molecular flexibility index (Phi) is 4.53. The molecule has 1 saturated heterocycles. The van der Waals surface area contributed by atoms with E-state index in [1.54, 1.807) is 29.2 Å². The molecule has 3 rings (SSSR count). The number of hydrogen-bond acceptors (Lipinski definition) is 3. The van der Waals surface area contributed by atoms with Gasteiger partial charge in [-0.2, -0.15) is 5.26 Å². The summed E-state index contributed by atoms with van der Waals surface area (Å²) in [4.78, 5) is 26.3. The largest absolute Gasteiger partial charge is 0.369 e. The summed E-state index contributed by atoms with van der Waals surface area (Å²) in [5, 5.41) is 9.35. The van der Waals surface area contributed by atoms with Gasteiger partial charge in [-0.15, -0.1) is 0 Å². The van der Waals surface area contributed by atoms with E-state index >= 15 is 0 Å². The molecule has 0 aliphatic carbocycles. The number of primary amides is 1. The van der Waals surface area contributed by atoms with E-state index in [1.807, 2.05) is 31.2 Å². The van der Waals surface area contributed by atoms with Crippen LogP contribution < -0.4 is 5.73 Å². The van der Waals surface area contributed by atoms with Crippen LogP contribution in [0.2, 0.25) is 0 Å². The standard InChI is InChI=1S/C20H19N3O2/c1-13-11-23(12-18(13)19(22)24)20(25)17-9-5-4-8-16(17)15-7-3-2-6-14(15)10-21/h2-9,13,18H,11-12H2,1H3,(H2,22,24)/t13-,18-/m1/s1. The molecule has 2 aromatic rings. The van der Waals surface area contributed by atoms with Crippen molar-refractivity contribution in [2.75, 3.05) is 13.1 Å². The molecule has 1 fully saturated rings. The highest BCUT2D eigenvalue weighted by Gasteiger charge is 2.36. The van der Waals surface area contributed by atoms with Crippen LogP contribution in [-0.4, -0.2) is 29.8 Å². The molecule has 2 atom stereocenters. The first kappa shape index (κ1) is 16.7. The topological polar surface area (TPSA) is 87.2 Å². The van der Waals surface area contributed by atoms with Gasteiger partial charge in [0.15, 0.2) is 0 Å². The predicted octanol–water partition coefficient (Wildman–Crippen LogP) is 2.42. The van der Waals surface area contributed by atoms with Crippen LogP contribution in [0.15, 0.2) is 48.5 Å². The molecule has 5 nitrogen and oxygen atoms in total. The van der Waals surface area contributed by atoms with Crippen molar-refractivity contribution < 1.29 is 9.59 Å². The molecule has 1 aliphatic rings. The Balaban J connectivity index is 1.98. The van der Waals surface area contributed by atoms with Crippen molar-refractivity contribution in [2.24, 2.45) is 17.6 Å². The van der Waals surface area contributed by atoms with Gasteiger partial charge >= 0.3 is 0 Å². The van der Waals surface area contributed by atoms with Gasteiger partial charge < -0.3 is 10.6 Å². The van der Waals surface area contributed by atoms with Crippen molar-refractivity contribution in [1.29, 1.82) is 5.26 Å². The Bertz CT molecular complexity index is 869. The number of carbonyl (C=O) groups is 2. The Morgan fingerprint density at radius 2 is 1.72 bits per heavy atom. The number of amides is 2. The highest BCUT2D eigenvalue weighted by molar-refractivity contribution is 6.02. The summed E-state index contributed by atoms with van der Waals surface area (Å²) in [6.45, 7) is 2.77. The summed E-state index contributed by atoms with van der Waals surface area (Å²) in [5.74, 6) is -0.785. The summed E-state index contributed by atoms with van der Waals surface area (Å²) in [6, 6.07) is 16.6. The van der Waals surface area contributed by atoms with Crippen molar-refractivity contribution in [2.45, 2.75) is 6.92 Å². The monoisotopic (exact) mass is 333 g/mol. The van der Waals surface area contributed by atoms with Crippen molar-refractivity contribution in [3.8, 4) is 17.2 Å². The number of benzene rings is 2. The molecule has 0 spiro atoms. The Hall–Kier alpha value is -3.13. The normalized spacial score (nSPS) is 19.4. The lowest BCUT2D eigenvalue weighted by atomic mass is 9.95. The van der Waals surface area contributed by atoms with Crippen molar-refractivity contribution in [3.05, 3.63) is 59.7 Å². The van der Waals surface area contributed by atoms with Crippen LogP contribution in [0.4, 0.5) is 0 Å². The number of rotatable bonds is 3. The highest BCUT2D eigenvalue weighted by Crippen LogP contribution is 2.30. The third-order valence-corrected chi connectivity index (χ3v) is 4.76. The van der Waals surface area contributed by atoms with E-state index in [4.69, 9.17) is 5.73 Å². The quantitative estimate of drug-likeness (QED) is 0.935. The van der Waals surface area contributed by atoms with Gasteiger partial charge in [0.05, 0.1) is 17.6 Å². The van der Waals surface area contributed by atoms with Crippen LogP contribution in [0.3, 0.4) is 0 Å². The van der Waals surface area contributed by atoms with Crippen LogP contribution in [0, 0.1) is 23.2 Å². The fourth-order valence-electron chi connectivity index (χ4n) is 3.39. The van der Waals surface area contributed by atoms with Crippen LogP contribution in [0.1, 0.15) is 22.8 Å². The van der Waals surface area contributed by atoms with Crippen LogP contribution in [0.25, 0.3) is 11.1 Å². The van der Waals surface area contributed by atoms with Crippen LogP contribution >= 0.6 is 0 Å². The zero-order valence-corrected chi connectivity index (χ0v) is 14.0. The Morgan fingerprint density at radius 3 is 2.36 bits per heavy atom. The fraction of sp³-hybridized carbons (Fsp3) is 0.250. The van der Waals surface area contributed by atoms with Gasteiger partial charge in [-0.1, -0.05) is 43.3 Å². The summed E-state index contributed by atoms with van der Waals surface area (Å²) in [5.41, 5.74) is 7.94. The molecule has 126 valence electrons. The van der Waals surface area contributed by atoms with E-state index in [0.717, 1.165) is 11.1 Å². The van der Waals surface area contributed by atoms with Gasteiger partial charge in [-0.25, -0.2) is 0 Å². The second kappa shape index (κ2) is 6.78. The molecule has 0 radical (unpaired) electrons. The van der Waals surface area contributed by atoms with Crippen molar-refractivity contribution >= 4 is 11.8 Å². The second-order valence-electron chi connectivity index (χ2n) is 6.40. The second-order valence-corrected chi connectivity index (χ2v) is 6.40. The van der Waals surface area contributed by atoms with E-state index in [1.165, 1.54) is 0 Å². The third-order valence-electron chi connectivity index (χ3n) is 4.76. The Morgan fingerprint density at radius 1 is 1.08 bits per heavy atom. The van der Waals surface area contributed by atoms with Gasteiger partial charge in [0.1, 0.15) is 0 Å². The maximum absolute atomic E-state index is 13.0. The molecule has 2 aromatic carbocycles. The highest BCUT2D eigenvalue weighted by atomic mass is 16.2. The molecular formula is C20H19N3O2. The van der Waals surface area contributed by atoms with Gasteiger partial charge in [-0.05, 0) is 23.6 Å². The lowest BCUT2D eigenvalue weighted by Gasteiger charge is -2.18. The first-order valence-electron chi connectivity index (χ1n) is 8.20. The van der Waals surface area contributed by atoms with Crippen molar-refractivity contribution in [1.82, 2.24) is 4.90 Å². The number of carbonyl (C=O) groups excluding carboxylic acids is 2. The minimum absolute atomic E-state index is 0.0417. The third kappa shape index (κ3) is 3.11. The van der Waals surface area contributed by atoms with E-state index in [-0.39, 0.29) is 23.7 Å². The van der Waals surface area contributed by atoms with E-state index in [9.17, 15) is 14.9 Å². The molecule has 1 heterocycles. The predicted molar refractivity (Wildman–Crippen MR) is 94.3 cm³/mol. The molecule has 0 unspecified atom stereocenters. The van der Waals surface area contributed by atoms with Gasteiger partial charge in [0, 0.05) is 24.2 Å². The molecule has 2 N–H and O–H groups in total. The zero-order valence-electron chi connectivity index (χ0n) is 14.0. The van der Waals surface area contributed by atoms with Gasteiger partial charge in [-0.3, -0.25) is 9.59 Å². The Labute approximate surface area is 146 Å². The first-order valence-corrected chi connectivity index (χ1v) is 8.20. The van der Waals surface area contributed by atoms with Gasteiger partial charge in [0.2, 0.25) is 5.91 Å². The number of nitrogens with zero attached hydrogens (tertiary/aromatic N) is 2. The molecular weight excluding hydrogens is 314 g/mol. The number of hydrogen-bond donors (Lipinski definition) is 1. The maximum atomic E-state index is 13.0.